The average molecular weight is 329 g/mol. The van der Waals surface area contributed by atoms with Gasteiger partial charge in [-0.15, -0.1) is 11.3 Å². The summed E-state index contributed by atoms with van der Waals surface area (Å²) < 4.78 is 32.5. The number of carboxylic acids is 1. The Kier molecular flexibility index (Phi) is 4.22. The summed E-state index contributed by atoms with van der Waals surface area (Å²) in [4.78, 5) is 10.6. The van der Waals surface area contributed by atoms with Gasteiger partial charge in [-0.25, -0.2) is 17.9 Å². The zero-order chi connectivity index (χ0) is 15.8. The van der Waals surface area contributed by atoms with Crippen molar-refractivity contribution < 1.29 is 22.7 Å². The van der Waals surface area contributed by atoms with Crippen LogP contribution in [0.2, 0.25) is 0 Å². The Bertz CT molecular complexity index is 772. The lowest BCUT2D eigenvalue weighted by Gasteiger charge is -2.13. The van der Waals surface area contributed by atoms with Crippen LogP contribution in [0.15, 0.2) is 26.8 Å². The quantitative estimate of drug-likeness (QED) is 0.879. The Morgan fingerprint density at radius 2 is 2.10 bits per heavy atom. The maximum Gasteiger partial charge on any atom is 0.347 e. The van der Waals surface area contributed by atoms with Gasteiger partial charge in [-0.2, -0.15) is 0 Å². The molecule has 0 aliphatic carbocycles. The molecule has 0 fully saturated rings. The number of aromatic carboxylic acids is 1. The fraction of sp³-hybridized carbons (Fsp3) is 0.308. The van der Waals surface area contributed by atoms with E-state index < -0.39 is 22.0 Å². The van der Waals surface area contributed by atoms with Crippen LogP contribution in [0.3, 0.4) is 0 Å². The molecular weight excluding hydrogens is 314 g/mol. The van der Waals surface area contributed by atoms with Crippen LogP contribution in [0, 0.1) is 13.8 Å². The number of furan rings is 1. The van der Waals surface area contributed by atoms with Crippen molar-refractivity contribution in [1.82, 2.24) is 4.72 Å². The Morgan fingerprint density at radius 1 is 1.43 bits per heavy atom. The summed E-state index contributed by atoms with van der Waals surface area (Å²) >= 11 is 0.877. The standard InChI is InChI=1S/C13H15NO5S2/c1-7-6-10(9(3)19-7)8(2)14-21(17,18)11-4-5-20-12(11)13(15)16/h4-6,8,14H,1-3H3,(H,15,16). The molecule has 2 aromatic rings. The second kappa shape index (κ2) is 5.63. The number of thiophene rings is 1. The van der Waals surface area contributed by atoms with Crippen LogP contribution in [-0.4, -0.2) is 19.5 Å². The monoisotopic (exact) mass is 329 g/mol. The van der Waals surface area contributed by atoms with E-state index >= 15 is 0 Å². The first-order valence-electron chi connectivity index (χ1n) is 6.12. The largest absolute Gasteiger partial charge is 0.477 e. The second-order valence-electron chi connectivity index (χ2n) is 4.63. The van der Waals surface area contributed by atoms with Crippen LogP contribution < -0.4 is 4.72 Å². The van der Waals surface area contributed by atoms with Gasteiger partial charge >= 0.3 is 5.97 Å². The van der Waals surface area contributed by atoms with Crippen LogP contribution in [0.4, 0.5) is 0 Å². The molecule has 2 rings (SSSR count). The molecule has 0 saturated carbocycles. The third kappa shape index (κ3) is 3.17. The van der Waals surface area contributed by atoms with E-state index in [1.165, 1.54) is 11.4 Å². The van der Waals surface area contributed by atoms with Crippen molar-refractivity contribution >= 4 is 27.3 Å². The van der Waals surface area contributed by atoms with Gasteiger partial charge in [0.2, 0.25) is 10.0 Å². The van der Waals surface area contributed by atoms with Gasteiger partial charge < -0.3 is 9.52 Å². The van der Waals surface area contributed by atoms with Crippen molar-refractivity contribution in [3.8, 4) is 0 Å². The fourth-order valence-electron chi connectivity index (χ4n) is 2.11. The Hall–Kier alpha value is -1.64. The molecule has 0 aliphatic rings. The first-order chi connectivity index (χ1) is 9.72. The minimum absolute atomic E-state index is 0.199. The molecule has 0 aromatic carbocycles. The number of carbonyl (C=O) groups is 1. The van der Waals surface area contributed by atoms with Crippen molar-refractivity contribution in [2.45, 2.75) is 31.7 Å². The van der Waals surface area contributed by atoms with Gasteiger partial charge in [0.15, 0.2) is 0 Å². The van der Waals surface area contributed by atoms with E-state index in [1.54, 1.807) is 26.8 Å². The molecule has 0 aliphatic heterocycles. The summed E-state index contributed by atoms with van der Waals surface area (Å²) in [5.74, 6) is 0.0650. The summed E-state index contributed by atoms with van der Waals surface area (Å²) in [5, 5.41) is 10.5. The molecule has 114 valence electrons. The normalized spacial score (nSPS) is 13.3. The topological polar surface area (TPSA) is 96.6 Å². The molecule has 0 radical (unpaired) electrons. The lowest BCUT2D eigenvalue weighted by atomic mass is 10.1. The number of carboxylic acid groups (broad SMARTS) is 1. The number of nitrogens with one attached hydrogen (secondary N) is 1. The predicted molar refractivity (Wildman–Crippen MR) is 78.2 cm³/mol. The highest BCUT2D eigenvalue weighted by atomic mass is 32.2. The van der Waals surface area contributed by atoms with Crippen molar-refractivity contribution in [2.75, 3.05) is 0 Å². The lowest BCUT2D eigenvalue weighted by Crippen LogP contribution is -2.27. The molecule has 0 spiro atoms. The van der Waals surface area contributed by atoms with Crippen molar-refractivity contribution in [3.05, 3.63) is 39.5 Å². The van der Waals surface area contributed by atoms with E-state index in [9.17, 15) is 13.2 Å². The molecule has 0 bridgehead atoms. The molecule has 0 saturated heterocycles. The molecule has 2 aromatic heterocycles. The minimum atomic E-state index is -3.91. The Labute approximate surface area is 126 Å². The summed E-state index contributed by atoms with van der Waals surface area (Å²) in [6.07, 6.45) is 0. The maximum atomic E-state index is 12.3. The van der Waals surface area contributed by atoms with Crippen molar-refractivity contribution in [2.24, 2.45) is 0 Å². The Balaban J connectivity index is 2.31. The molecule has 6 nitrogen and oxygen atoms in total. The van der Waals surface area contributed by atoms with Crippen LogP contribution in [0.1, 0.15) is 39.7 Å². The van der Waals surface area contributed by atoms with Crippen LogP contribution >= 0.6 is 11.3 Å². The minimum Gasteiger partial charge on any atom is -0.477 e. The van der Waals surface area contributed by atoms with Gasteiger partial charge in [-0.05, 0) is 38.3 Å². The number of aryl methyl sites for hydroxylation is 2. The molecule has 1 unspecified atom stereocenters. The third-order valence-corrected chi connectivity index (χ3v) is 5.61. The number of hydrogen-bond donors (Lipinski definition) is 2. The summed E-state index contributed by atoms with van der Waals surface area (Å²) in [5.41, 5.74) is 0.725. The zero-order valence-electron chi connectivity index (χ0n) is 11.7. The number of rotatable bonds is 5. The van der Waals surface area contributed by atoms with Crippen LogP contribution in [-0.2, 0) is 10.0 Å². The molecule has 21 heavy (non-hydrogen) atoms. The molecule has 2 N–H and O–H groups in total. The molecule has 0 amide bonds. The van der Waals surface area contributed by atoms with Crippen molar-refractivity contribution in [3.63, 3.8) is 0 Å². The summed E-state index contributed by atoms with van der Waals surface area (Å²) in [7, 11) is -3.91. The average Bonchev–Trinajstić information content (AvgIpc) is 2.95. The smallest absolute Gasteiger partial charge is 0.347 e. The molecule has 2 heterocycles. The van der Waals surface area contributed by atoms with Crippen molar-refractivity contribution in [1.29, 1.82) is 0 Å². The highest BCUT2D eigenvalue weighted by molar-refractivity contribution is 7.89. The van der Waals surface area contributed by atoms with E-state index in [1.807, 2.05) is 0 Å². The maximum absolute atomic E-state index is 12.3. The highest BCUT2D eigenvalue weighted by Crippen LogP contribution is 2.26. The van der Waals surface area contributed by atoms with Gasteiger partial charge in [0.1, 0.15) is 21.3 Å². The predicted octanol–water partition coefficient (Wildman–Crippen LogP) is 2.70. The van der Waals surface area contributed by atoms with Gasteiger partial charge in [0.05, 0.1) is 0 Å². The number of sulfonamides is 1. The first-order valence-corrected chi connectivity index (χ1v) is 8.48. The first kappa shape index (κ1) is 15.7. The number of hydrogen-bond acceptors (Lipinski definition) is 5. The van der Waals surface area contributed by atoms with Gasteiger partial charge in [0, 0.05) is 11.6 Å². The van der Waals surface area contributed by atoms with Crippen LogP contribution in [0.5, 0.6) is 0 Å². The van der Waals surface area contributed by atoms with E-state index in [0.29, 0.717) is 11.5 Å². The zero-order valence-corrected chi connectivity index (χ0v) is 13.3. The molecule has 1 atom stereocenters. The second-order valence-corrected chi connectivity index (χ2v) is 7.23. The van der Waals surface area contributed by atoms with Crippen LogP contribution in [0.25, 0.3) is 0 Å². The molecule has 8 heteroatoms. The van der Waals surface area contributed by atoms with Gasteiger partial charge in [-0.1, -0.05) is 0 Å². The molecular formula is C13H15NO5S2. The summed E-state index contributed by atoms with van der Waals surface area (Å²) in [6.45, 7) is 5.21. The SMILES string of the molecule is Cc1cc(C(C)NS(=O)(=O)c2ccsc2C(=O)O)c(C)o1. The van der Waals surface area contributed by atoms with Gasteiger partial charge in [0.25, 0.3) is 0 Å². The van der Waals surface area contributed by atoms with E-state index in [2.05, 4.69) is 4.72 Å². The third-order valence-electron chi connectivity index (χ3n) is 2.99. The van der Waals surface area contributed by atoms with Gasteiger partial charge in [-0.3, -0.25) is 0 Å². The Morgan fingerprint density at radius 3 is 2.62 bits per heavy atom. The van der Waals surface area contributed by atoms with E-state index in [-0.39, 0.29) is 9.77 Å². The lowest BCUT2D eigenvalue weighted by molar-refractivity contribution is 0.0698. The highest BCUT2D eigenvalue weighted by Gasteiger charge is 2.26. The van der Waals surface area contributed by atoms with E-state index in [4.69, 9.17) is 9.52 Å². The van der Waals surface area contributed by atoms with E-state index in [0.717, 1.165) is 16.9 Å². The summed E-state index contributed by atoms with van der Waals surface area (Å²) in [6, 6.07) is 2.53. The fourth-order valence-corrected chi connectivity index (χ4v) is 4.59.